The van der Waals surface area contributed by atoms with Gasteiger partial charge in [0.1, 0.15) is 30.3 Å². The number of benzene rings is 1. The van der Waals surface area contributed by atoms with E-state index in [1.165, 1.54) is 0 Å². The summed E-state index contributed by atoms with van der Waals surface area (Å²) in [5.41, 5.74) is 5.64. The number of piperidine rings is 1. The smallest absolute Gasteiger partial charge is 0.321 e. The first kappa shape index (κ1) is 23.1. The van der Waals surface area contributed by atoms with Crippen LogP contribution in [-0.4, -0.2) is 88.2 Å². The number of morpholine rings is 1. The van der Waals surface area contributed by atoms with Gasteiger partial charge in [-0.3, -0.25) is 19.3 Å². The fourth-order valence-electron chi connectivity index (χ4n) is 4.32. The molecule has 7 atom stereocenters. The molecule has 0 spiro atoms. The zero-order chi connectivity index (χ0) is 22.7. The number of aliphatic hydroxyl groups excluding tert-OH is 1. The molecule has 0 amide bonds. The van der Waals surface area contributed by atoms with Crippen LogP contribution < -0.4 is 5.73 Å². The van der Waals surface area contributed by atoms with Crippen LogP contribution in [-0.2, 0) is 23.9 Å². The lowest BCUT2D eigenvalue weighted by Gasteiger charge is -2.38. The van der Waals surface area contributed by atoms with Crippen LogP contribution in [0.25, 0.3) is 0 Å². The van der Waals surface area contributed by atoms with Crippen molar-refractivity contribution < 1.29 is 39.2 Å². The molecule has 4 rings (SSSR count). The van der Waals surface area contributed by atoms with Gasteiger partial charge >= 0.3 is 17.9 Å². The van der Waals surface area contributed by atoms with Gasteiger partial charge in [-0.1, -0.05) is 30.3 Å². The van der Waals surface area contributed by atoms with Crippen LogP contribution in [0.5, 0.6) is 0 Å². The predicted molar refractivity (Wildman–Crippen MR) is 107 cm³/mol. The molecule has 170 valence electrons. The summed E-state index contributed by atoms with van der Waals surface area (Å²) < 4.78 is 11.4. The Kier molecular flexibility index (Phi) is 7.26. The number of epoxide rings is 1. The third kappa shape index (κ3) is 5.40. The number of aliphatic carboxylic acids is 2. The van der Waals surface area contributed by atoms with Gasteiger partial charge in [0.2, 0.25) is 0 Å². The minimum Gasteiger partial charge on any atom is -0.481 e. The van der Waals surface area contributed by atoms with Crippen LogP contribution in [0.15, 0.2) is 30.3 Å². The van der Waals surface area contributed by atoms with E-state index in [4.69, 9.17) is 25.4 Å². The molecule has 3 aliphatic heterocycles. The molecule has 0 saturated carbocycles. The highest BCUT2D eigenvalue weighted by Crippen LogP contribution is 2.48. The number of carbonyl (C=O) groups is 3. The molecule has 2 bridgehead atoms. The van der Waals surface area contributed by atoms with Gasteiger partial charge in [0.05, 0.1) is 13.0 Å². The lowest BCUT2D eigenvalue weighted by Crippen LogP contribution is -2.48. The van der Waals surface area contributed by atoms with E-state index in [0.717, 1.165) is 18.4 Å². The molecule has 31 heavy (non-hydrogen) atoms. The van der Waals surface area contributed by atoms with E-state index >= 15 is 0 Å². The van der Waals surface area contributed by atoms with Crippen molar-refractivity contribution in [2.75, 3.05) is 13.7 Å². The van der Waals surface area contributed by atoms with E-state index in [-0.39, 0.29) is 18.7 Å². The molecule has 3 aliphatic rings. The Morgan fingerprint density at radius 3 is 2.19 bits per heavy atom. The maximum absolute atomic E-state index is 12.4. The number of carbonyl (C=O) groups excluding carboxylic acids is 1. The number of fused-ring (bicyclic) bond motifs is 5. The minimum atomic E-state index is -1.29. The molecular weight excluding hydrogens is 408 g/mol. The number of esters is 1. The van der Waals surface area contributed by atoms with Crippen molar-refractivity contribution in [1.82, 2.24) is 4.90 Å². The summed E-state index contributed by atoms with van der Waals surface area (Å²) >= 11 is 0. The van der Waals surface area contributed by atoms with Crippen LogP contribution in [0.2, 0.25) is 0 Å². The summed E-state index contributed by atoms with van der Waals surface area (Å²) in [6.45, 7) is -0.226. The second kappa shape index (κ2) is 9.73. The molecular formula is C21H28N2O8. The van der Waals surface area contributed by atoms with E-state index in [9.17, 15) is 19.5 Å². The zero-order valence-corrected chi connectivity index (χ0v) is 17.2. The number of carboxylic acids is 2. The first-order valence-electron chi connectivity index (χ1n) is 10.2. The molecule has 3 heterocycles. The Morgan fingerprint density at radius 1 is 1.16 bits per heavy atom. The van der Waals surface area contributed by atoms with Crippen molar-refractivity contribution in [1.29, 1.82) is 0 Å². The van der Waals surface area contributed by atoms with Gasteiger partial charge in [-0.15, -0.1) is 0 Å². The van der Waals surface area contributed by atoms with Gasteiger partial charge in [-0.2, -0.15) is 0 Å². The van der Waals surface area contributed by atoms with Crippen LogP contribution in [0, 0.1) is 0 Å². The van der Waals surface area contributed by atoms with Gasteiger partial charge in [-0.25, -0.2) is 0 Å². The number of rotatable bonds is 7. The minimum absolute atomic E-state index is 0.0622. The number of hydrogen-bond donors (Lipinski definition) is 4. The number of hydrogen-bond acceptors (Lipinski definition) is 8. The highest BCUT2D eigenvalue weighted by molar-refractivity contribution is 5.80. The molecule has 1 unspecified atom stereocenters. The van der Waals surface area contributed by atoms with E-state index in [2.05, 4.69) is 11.9 Å². The van der Waals surface area contributed by atoms with Gasteiger partial charge < -0.3 is 30.5 Å². The van der Waals surface area contributed by atoms with Crippen LogP contribution in [0.1, 0.15) is 30.7 Å². The summed E-state index contributed by atoms with van der Waals surface area (Å²) in [6.07, 6.45) is 1.73. The zero-order valence-electron chi connectivity index (χ0n) is 17.2. The number of nitrogens with two attached hydrogens (primary N) is 1. The van der Waals surface area contributed by atoms with E-state index in [1.807, 2.05) is 30.3 Å². The molecule has 0 aliphatic carbocycles. The molecule has 3 saturated heterocycles. The third-order valence-corrected chi connectivity index (χ3v) is 6.04. The highest BCUT2D eigenvalue weighted by Gasteiger charge is 2.62. The first-order chi connectivity index (χ1) is 14.7. The van der Waals surface area contributed by atoms with Gasteiger partial charge in [-0.05, 0) is 12.6 Å². The Labute approximate surface area is 179 Å². The van der Waals surface area contributed by atoms with Crippen LogP contribution >= 0.6 is 0 Å². The summed E-state index contributed by atoms with van der Waals surface area (Å²) in [5.74, 6) is -3.41. The normalized spacial score (nSPS) is 30.2. The number of carboxylic acid groups (broad SMARTS) is 2. The summed E-state index contributed by atoms with van der Waals surface area (Å²) in [7, 11) is 2.13. The molecule has 1 aromatic rings. The lowest BCUT2D eigenvalue weighted by molar-refractivity contribution is -0.156. The van der Waals surface area contributed by atoms with Crippen molar-refractivity contribution in [3.8, 4) is 0 Å². The third-order valence-electron chi connectivity index (χ3n) is 6.04. The van der Waals surface area contributed by atoms with Gasteiger partial charge in [0.15, 0.2) is 0 Å². The number of likely N-dealkylation sites (N-methyl/N-ethyl adjacent to an activating group) is 1. The molecule has 5 N–H and O–H groups in total. The Balaban J connectivity index is 0.000000259. The summed E-state index contributed by atoms with van der Waals surface area (Å²) in [6, 6.07) is 8.77. The van der Waals surface area contributed by atoms with E-state index < -0.39 is 30.3 Å². The Hall–Kier alpha value is -2.53. The second-order valence-corrected chi connectivity index (χ2v) is 8.08. The highest BCUT2D eigenvalue weighted by atomic mass is 16.6. The molecule has 3 fully saturated rings. The average molecular weight is 436 g/mol. The largest absolute Gasteiger partial charge is 0.481 e. The maximum Gasteiger partial charge on any atom is 0.321 e. The monoisotopic (exact) mass is 436 g/mol. The van der Waals surface area contributed by atoms with Crippen molar-refractivity contribution >= 4 is 17.9 Å². The SMILES string of the molecule is CN1[C@@H]2C[C@@H](OC(=O)[C@H](CO)c3ccccc3)C[C@H]1[C@@H]1O[C@@H]12.NC(CC(=O)O)C(=O)O. The van der Waals surface area contributed by atoms with E-state index in [0.29, 0.717) is 24.3 Å². The molecule has 10 heteroatoms. The maximum atomic E-state index is 12.4. The number of aliphatic hydroxyl groups is 1. The standard InChI is InChI=1S/C17H21NO4.C4H7NO4/c1-18-13-7-11(8-14(18)16-15(13)22-16)21-17(20)12(9-19)10-5-3-2-4-6-10;5-2(4(8)9)1-3(6)7/h2-6,11-16,19H,7-9H2,1H3;2H,1,5H2,(H,6,7)(H,8,9)/t11-,12-,13-,14+,15-,16+;/m1./s1. The Morgan fingerprint density at radius 2 is 1.74 bits per heavy atom. The van der Waals surface area contributed by atoms with Crippen molar-refractivity contribution in [2.24, 2.45) is 5.73 Å². The molecule has 0 radical (unpaired) electrons. The number of nitrogens with zero attached hydrogens (tertiary/aromatic N) is 1. The van der Waals surface area contributed by atoms with Crippen LogP contribution in [0.3, 0.4) is 0 Å². The van der Waals surface area contributed by atoms with Crippen LogP contribution in [0.4, 0.5) is 0 Å². The average Bonchev–Trinajstić information content (AvgIpc) is 3.47. The van der Waals surface area contributed by atoms with Crippen molar-refractivity contribution in [3.05, 3.63) is 35.9 Å². The predicted octanol–water partition coefficient (Wildman–Crippen LogP) is -0.209. The van der Waals surface area contributed by atoms with Gasteiger partial charge in [0, 0.05) is 24.9 Å². The second-order valence-electron chi connectivity index (χ2n) is 8.08. The lowest BCUT2D eigenvalue weighted by atomic mass is 9.97. The molecule has 1 aromatic carbocycles. The first-order valence-corrected chi connectivity index (χ1v) is 10.2. The fourth-order valence-corrected chi connectivity index (χ4v) is 4.32. The fraction of sp³-hybridized carbons (Fsp3) is 0.571. The quantitative estimate of drug-likeness (QED) is 0.332. The summed E-state index contributed by atoms with van der Waals surface area (Å²) in [5, 5.41) is 25.6. The van der Waals surface area contributed by atoms with Crippen molar-refractivity contribution in [3.63, 3.8) is 0 Å². The summed E-state index contributed by atoms with van der Waals surface area (Å²) in [4.78, 5) is 34.4. The van der Waals surface area contributed by atoms with Crippen molar-refractivity contribution in [2.45, 2.75) is 61.6 Å². The molecule has 10 nitrogen and oxygen atoms in total. The number of ether oxygens (including phenoxy) is 2. The Bertz CT molecular complexity index is 786. The molecule has 0 aromatic heterocycles. The van der Waals surface area contributed by atoms with E-state index in [1.54, 1.807) is 0 Å². The van der Waals surface area contributed by atoms with Gasteiger partial charge in [0.25, 0.3) is 0 Å². The topological polar surface area (TPSA) is 163 Å².